The van der Waals surface area contributed by atoms with Gasteiger partial charge in [0.05, 0.1) is 16.4 Å². The van der Waals surface area contributed by atoms with Crippen LogP contribution >= 0.6 is 22.9 Å². The summed E-state index contributed by atoms with van der Waals surface area (Å²) in [5, 5.41) is 2.38. The number of anilines is 2. The molecule has 0 unspecified atom stereocenters. The third kappa shape index (κ3) is 2.41. The van der Waals surface area contributed by atoms with Crippen LogP contribution in [0.5, 0.6) is 0 Å². The Kier molecular flexibility index (Phi) is 3.44. The van der Waals surface area contributed by atoms with Gasteiger partial charge in [-0.1, -0.05) is 17.7 Å². The molecule has 2 aromatic heterocycles. The van der Waals surface area contributed by atoms with Crippen molar-refractivity contribution >= 4 is 50.6 Å². The molecule has 0 radical (unpaired) electrons. The summed E-state index contributed by atoms with van der Waals surface area (Å²) in [6.07, 6.45) is 3.00. The molecule has 8 heteroatoms. The van der Waals surface area contributed by atoms with Gasteiger partial charge in [-0.2, -0.15) is 0 Å². The smallest absolute Gasteiger partial charge is 0.268 e. The van der Waals surface area contributed by atoms with E-state index >= 15 is 0 Å². The van der Waals surface area contributed by atoms with Crippen molar-refractivity contribution in [1.82, 2.24) is 9.97 Å². The average Bonchev–Trinajstić information content (AvgIpc) is 2.82. The van der Waals surface area contributed by atoms with Gasteiger partial charge in [-0.05, 0) is 12.1 Å². The number of carbonyl (C=O) groups is 1. The van der Waals surface area contributed by atoms with Gasteiger partial charge < -0.3 is 11.1 Å². The summed E-state index contributed by atoms with van der Waals surface area (Å²) >= 11 is 6.77. The minimum Gasteiger partial charge on any atom is -0.396 e. The number of halogens is 2. The maximum Gasteiger partial charge on any atom is 0.268 e. The number of fused-ring (bicyclic) bond motifs is 1. The maximum absolute atomic E-state index is 13.8. The van der Waals surface area contributed by atoms with Crippen LogP contribution in [0.15, 0.2) is 30.6 Å². The molecule has 0 saturated carbocycles. The first-order valence-corrected chi connectivity index (χ1v) is 7.01. The molecule has 106 valence electrons. The normalized spacial score (nSPS) is 10.8. The van der Waals surface area contributed by atoms with Gasteiger partial charge in [0.2, 0.25) is 0 Å². The van der Waals surface area contributed by atoms with Gasteiger partial charge in [-0.25, -0.2) is 14.4 Å². The predicted molar refractivity (Wildman–Crippen MR) is 81.2 cm³/mol. The molecule has 0 aliphatic heterocycles. The molecule has 21 heavy (non-hydrogen) atoms. The summed E-state index contributed by atoms with van der Waals surface area (Å²) < 4.78 is 13.8. The Labute approximate surface area is 127 Å². The molecule has 1 amide bonds. The van der Waals surface area contributed by atoms with E-state index in [2.05, 4.69) is 15.3 Å². The van der Waals surface area contributed by atoms with E-state index in [1.165, 1.54) is 24.5 Å². The lowest BCUT2D eigenvalue weighted by atomic mass is 10.3. The summed E-state index contributed by atoms with van der Waals surface area (Å²) in [5.74, 6) is -1.22. The highest BCUT2D eigenvalue weighted by molar-refractivity contribution is 7.21. The maximum atomic E-state index is 13.8. The zero-order valence-electron chi connectivity index (χ0n) is 10.4. The Morgan fingerprint density at radius 2 is 2.10 bits per heavy atom. The lowest BCUT2D eigenvalue weighted by molar-refractivity contribution is 0.103. The van der Waals surface area contributed by atoms with Gasteiger partial charge in [0.15, 0.2) is 5.82 Å². The number of benzene rings is 1. The van der Waals surface area contributed by atoms with Crippen molar-refractivity contribution in [3.8, 4) is 0 Å². The number of rotatable bonds is 2. The van der Waals surface area contributed by atoms with Crippen LogP contribution in [0.4, 0.5) is 15.8 Å². The summed E-state index contributed by atoms with van der Waals surface area (Å²) in [6, 6.07) is 4.35. The first-order valence-electron chi connectivity index (χ1n) is 5.82. The van der Waals surface area contributed by atoms with Crippen LogP contribution in [0.25, 0.3) is 10.3 Å². The van der Waals surface area contributed by atoms with Crippen LogP contribution in [0.1, 0.15) is 9.67 Å². The number of thiophene rings is 1. The molecule has 1 aromatic carbocycles. The lowest BCUT2D eigenvalue weighted by Gasteiger charge is -2.06. The third-order valence-electron chi connectivity index (χ3n) is 2.77. The van der Waals surface area contributed by atoms with E-state index in [0.29, 0.717) is 10.3 Å². The minimum atomic E-state index is -0.691. The molecule has 0 saturated heterocycles. The van der Waals surface area contributed by atoms with E-state index in [0.717, 1.165) is 11.3 Å². The van der Waals surface area contributed by atoms with Crippen LogP contribution in [-0.4, -0.2) is 15.9 Å². The van der Waals surface area contributed by atoms with Crippen molar-refractivity contribution in [3.63, 3.8) is 0 Å². The number of hydrogen-bond donors (Lipinski definition) is 2. The van der Waals surface area contributed by atoms with E-state index in [4.69, 9.17) is 17.3 Å². The number of nitrogens with one attached hydrogen (secondary N) is 1. The number of carbonyl (C=O) groups excluding carboxylic acids is 1. The standard InChI is InChI=1S/C13H8ClFN4OS/c14-6-2-1-3-7(8(6)15)19-12(20)11-9(16)10-13(21-11)18-5-4-17-10/h1-5H,16H2,(H,19,20). The van der Waals surface area contributed by atoms with E-state index < -0.39 is 11.7 Å². The Hall–Kier alpha value is -2.25. The number of amides is 1. The second-order valence-electron chi connectivity index (χ2n) is 4.11. The highest BCUT2D eigenvalue weighted by Gasteiger charge is 2.19. The Morgan fingerprint density at radius 3 is 2.86 bits per heavy atom. The van der Waals surface area contributed by atoms with Crippen molar-refractivity contribution in [3.05, 3.63) is 46.3 Å². The molecule has 5 nitrogen and oxygen atoms in total. The summed E-state index contributed by atoms with van der Waals surface area (Å²) in [5.41, 5.74) is 6.56. The van der Waals surface area contributed by atoms with E-state index in [9.17, 15) is 9.18 Å². The summed E-state index contributed by atoms with van der Waals surface area (Å²) in [7, 11) is 0. The fourth-order valence-electron chi connectivity index (χ4n) is 1.79. The van der Waals surface area contributed by atoms with Crippen LogP contribution < -0.4 is 11.1 Å². The number of nitrogens with zero attached hydrogens (tertiary/aromatic N) is 2. The molecule has 3 rings (SSSR count). The van der Waals surface area contributed by atoms with Crippen molar-refractivity contribution in [1.29, 1.82) is 0 Å². The van der Waals surface area contributed by atoms with Crippen molar-refractivity contribution in [2.45, 2.75) is 0 Å². The SMILES string of the molecule is Nc1c(C(=O)Nc2cccc(Cl)c2F)sc2nccnc12. The van der Waals surface area contributed by atoms with Gasteiger partial charge in [0.1, 0.15) is 15.2 Å². The minimum absolute atomic E-state index is 0.00901. The van der Waals surface area contributed by atoms with Crippen LogP contribution in [0.3, 0.4) is 0 Å². The van der Waals surface area contributed by atoms with Gasteiger partial charge in [-0.15, -0.1) is 11.3 Å². The average molecular weight is 323 g/mol. The molecule has 0 atom stereocenters. The molecular formula is C13H8ClFN4OS. The third-order valence-corrected chi connectivity index (χ3v) is 4.16. The van der Waals surface area contributed by atoms with Crippen LogP contribution in [-0.2, 0) is 0 Å². The van der Waals surface area contributed by atoms with Gasteiger partial charge in [0, 0.05) is 12.4 Å². The molecule has 0 bridgehead atoms. The summed E-state index contributed by atoms with van der Waals surface area (Å²) in [4.78, 5) is 21.2. The zero-order valence-corrected chi connectivity index (χ0v) is 12.0. The largest absolute Gasteiger partial charge is 0.396 e. The van der Waals surface area contributed by atoms with Gasteiger partial charge in [-0.3, -0.25) is 4.79 Å². The van der Waals surface area contributed by atoms with E-state index in [-0.39, 0.29) is 21.3 Å². The summed E-state index contributed by atoms with van der Waals surface area (Å²) in [6.45, 7) is 0. The second kappa shape index (κ2) is 5.27. The van der Waals surface area contributed by atoms with Crippen LogP contribution in [0.2, 0.25) is 5.02 Å². The van der Waals surface area contributed by atoms with Gasteiger partial charge in [0.25, 0.3) is 5.91 Å². The van der Waals surface area contributed by atoms with Crippen molar-refractivity contribution in [2.75, 3.05) is 11.1 Å². The topological polar surface area (TPSA) is 80.9 Å². The fourth-order valence-corrected chi connectivity index (χ4v) is 2.88. The molecule has 0 fully saturated rings. The monoisotopic (exact) mass is 322 g/mol. The molecule has 3 N–H and O–H groups in total. The number of nitrogens with two attached hydrogens (primary N) is 1. The number of hydrogen-bond acceptors (Lipinski definition) is 5. The van der Waals surface area contributed by atoms with Crippen molar-refractivity contribution < 1.29 is 9.18 Å². The number of aromatic nitrogens is 2. The first kappa shape index (κ1) is 13.7. The molecule has 0 spiro atoms. The highest BCUT2D eigenvalue weighted by Crippen LogP contribution is 2.31. The Balaban J connectivity index is 1.97. The highest BCUT2D eigenvalue weighted by atomic mass is 35.5. The van der Waals surface area contributed by atoms with E-state index in [1.807, 2.05) is 0 Å². The van der Waals surface area contributed by atoms with Crippen molar-refractivity contribution in [2.24, 2.45) is 0 Å². The lowest BCUT2D eigenvalue weighted by Crippen LogP contribution is -2.13. The van der Waals surface area contributed by atoms with E-state index in [1.54, 1.807) is 6.07 Å². The Morgan fingerprint density at radius 1 is 1.33 bits per heavy atom. The zero-order chi connectivity index (χ0) is 15.0. The Bertz CT molecular complexity index is 851. The molecule has 0 aliphatic rings. The molecular weight excluding hydrogens is 315 g/mol. The molecule has 3 aromatic rings. The quantitative estimate of drug-likeness (QED) is 0.758. The van der Waals surface area contributed by atoms with Gasteiger partial charge >= 0.3 is 0 Å². The molecule has 0 aliphatic carbocycles. The fraction of sp³-hybridized carbons (Fsp3) is 0. The van der Waals surface area contributed by atoms with Crippen LogP contribution in [0, 0.1) is 5.82 Å². The number of nitrogen functional groups attached to an aromatic ring is 1. The first-order chi connectivity index (χ1) is 10.1. The second-order valence-corrected chi connectivity index (χ2v) is 5.52. The predicted octanol–water partition coefficient (Wildman–Crippen LogP) is 3.32. The molecule has 2 heterocycles.